The Morgan fingerprint density at radius 1 is 1.43 bits per heavy atom. The summed E-state index contributed by atoms with van der Waals surface area (Å²) in [4.78, 5) is 12.8. The molecule has 4 N–H and O–H groups in total. The second-order valence-corrected chi connectivity index (χ2v) is 6.52. The number of phenolic OH excluding ortho intramolecular Hbond substituents is 1. The maximum atomic E-state index is 12.4. The zero-order valence-electron chi connectivity index (χ0n) is 12.5. The number of benzene rings is 1. The second kappa shape index (κ2) is 6.02. The molecule has 0 radical (unpaired) electrons. The minimum absolute atomic E-state index is 0.115. The van der Waals surface area contributed by atoms with Gasteiger partial charge in [-0.2, -0.15) is 0 Å². The summed E-state index contributed by atoms with van der Waals surface area (Å²) in [7, 11) is 0. The number of carbonyl (C=O) groups excluding carboxylic acids is 1. The van der Waals surface area contributed by atoms with Crippen LogP contribution in [-0.4, -0.2) is 21.5 Å². The Hall–Kier alpha value is -1.62. The SMILES string of the molecule is Cc1ccc(C(=O)NC2(C(N)=S)CCC(C)CC2)cc1O. The highest BCUT2D eigenvalue weighted by molar-refractivity contribution is 7.80. The van der Waals surface area contributed by atoms with Crippen molar-refractivity contribution in [1.82, 2.24) is 5.32 Å². The number of rotatable bonds is 3. The third kappa shape index (κ3) is 3.35. The van der Waals surface area contributed by atoms with Crippen LogP contribution < -0.4 is 11.1 Å². The molecule has 1 fully saturated rings. The van der Waals surface area contributed by atoms with Crippen LogP contribution in [0, 0.1) is 12.8 Å². The molecule has 1 amide bonds. The molecule has 0 aromatic heterocycles. The fourth-order valence-corrected chi connectivity index (χ4v) is 2.98. The lowest BCUT2D eigenvalue weighted by molar-refractivity contribution is 0.0900. The van der Waals surface area contributed by atoms with E-state index in [4.69, 9.17) is 18.0 Å². The largest absolute Gasteiger partial charge is 0.508 e. The predicted octanol–water partition coefficient (Wildman–Crippen LogP) is 2.67. The second-order valence-electron chi connectivity index (χ2n) is 6.08. The number of aromatic hydroxyl groups is 1. The van der Waals surface area contributed by atoms with Crippen LogP contribution in [0.1, 0.15) is 48.5 Å². The fourth-order valence-electron chi connectivity index (χ4n) is 2.73. The zero-order chi connectivity index (χ0) is 15.6. The van der Waals surface area contributed by atoms with Gasteiger partial charge in [0.15, 0.2) is 0 Å². The van der Waals surface area contributed by atoms with E-state index in [1.54, 1.807) is 19.1 Å². The van der Waals surface area contributed by atoms with Crippen molar-refractivity contribution in [2.24, 2.45) is 11.7 Å². The molecule has 114 valence electrons. The van der Waals surface area contributed by atoms with Gasteiger partial charge in [-0.25, -0.2) is 0 Å². The van der Waals surface area contributed by atoms with Gasteiger partial charge in [-0.05, 0) is 56.2 Å². The molecule has 1 aromatic carbocycles. The van der Waals surface area contributed by atoms with Crippen molar-refractivity contribution in [3.63, 3.8) is 0 Å². The molecule has 0 unspecified atom stereocenters. The smallest absolute Gasteiger partial charge is 0.252 e. The molecule has 5 heteroatoms. The monoisotopic (exact) mass is 306 g/mol. The van der Waals surface area contributed by atoms with Gasteiger partial charge in [0.2, 0.25) is 0 Å². The highest BCUT2D eigenvalue weighted by Crippen LogP contribution is 2.32. The number of nitrogens with two attached hydrogens (primary N) is 1. The van der Waals surface area contributed by atoms with Crippen LogP contribution in [0.15, 0.2) is 18.2 Å². The first kappa shape index (κ1) is 15.8. The molecule has 1 aromatic rings. The lowest BCUT2D eigenvalue weighted by atomic mass is 9.77. The van der Waals surface area contributed by atoms with E-state index in [2.05, 4.69) is 12.2 Å². The van der Waals surface area contributed by atoms with Gasteiger partial charge in [-0.1, -0.05) is 25.2 Å². The van der Waals surface area contributed by atoms with Crippen molar-refractivity contribution in [1.29, 1.82) is 0 Å². The van der Waals surface area contributed by atoms with Crippen LogP contribution in [0.2, 0.25) is 0 Å². The fraction of sp³-hybridized carbons (Fsp3) is 0.500. The Labute approximate surface area is 130 Å². The summed E-state index contributed by atoms with van der Waals surface area (Å²) >= 11 is 5.19. The summed E-state index contributed by atoms with van der Waals surface area (Å²) in [6.45, 7) is 3.99. The Morgan fingerprint density at radius 2 is 2.05 bits per heavy atom. The zero-order valence-corrected chi connectivity index (χ0v) is 13.3. The number of hydrogen-bond donors (Lipinski definition) is 3. The molecule has 2 rings (SSSR count). The Morgan fingerprint density at radius 3 is 2.57 bits per heavy atom. The van der Waals surface area contributed by atoms with Gasteiger partial charge >= 0.3 is 0 Å². The average Bonchev–Trinajstić information content (AvgIpc) is 2.44. The standard InChI is InChI=1S/C16H22N2O2S/c1-10-5-7-16(8-6-10,15(17)21)18-14(20)12-4-3-11(2)13(19)9-12/h3-4,9-10,19H,5-8H2,1-2H3,(H2,17,21)(H,18,20). The molecule has 1 aliphatic rings. The van der Waals surface area contributed by atoms with E-state index >= 15 is 0 Å². The first-order valence-electron chi connectivity index (χ1n) is 7.26. The summed E-state index contributed by atoms with van der Waals surface area (Å²) < 4.78 is 0. The Kier molecular flexibility index (Phi) is 4.52. The van der Waals surface area contributed by atoms with E-state index in [9.17, 15) is 9.90 Å². The average molecular weight is 306 g/mol. The number of thiocarbonyl (C=S) groups is 1. The highest BCUT2D eigenvalue weighted by atomic mass is 32.1. The van der Waals surface area contributed by atoms with Crippen LogP contribution in [0.4, 0.5) is 0 Å². The lowest BCUT2D eigenvalue weighted by Crippen LogP contribution is -2.58. The molecule has 0 bridgehead atoms. The van der Waals surface area contributed by atoms with E-state index in [0.29, 0.717) is 16.5 Å². The van der Waals surface area contributed by atoms with Gasteiger partial charge < -0.3 is 16.2 Å². The number of aryl methyl sites for hydroxylation is 1. The van der Waals surface area contributed by atoms with Gasteiger partial charge in [0.1, 0.15) is 5.75 Å². The lowest BCUT2D eigenvalue weighted by Gasteiger charge is -2.39. The molecule has 1 saturated carbocycles. The predicted molar refractivity (Wildman–Crippen MR) is 87.5 cm³/mol. The van der Waals surface area contributed by atoms with Crippen molar-refractivity contribution in [2.45, 2.75) is 45.1 Å². The molecule has 0 aliphatic heterocycles. The Balaban J connectivity index is 2.19. The van der Waals surface area contributed by atoms with Crippen molar-refractivity contribution in [3.05, 3.63) is 29.3 Å². The van der Waals surface area contributed by atoms with E-state index in [0.717, 1.165) is 31.2 Å². The van der Waals surface area contributed by atoms with Crippen molar-refractivity contribution in [2.75, 3.05) is 0 Å². The quantitative estimate of drug-likeness (QED) is 0.751. The van der Waals surface area contributed by atoms with E-state index in [1.807, 2.05) is 0 Å². The van der Waals surface area contributed by atoms with Gasteiger partial charge in [-0.3, -0.25) is 4.79 Å². The van der Waals surface area contributed by atoms with Gasteiger partial charge in [0.05, 0.1) is 10.5 Å². The molecular formula is C16H22N2O2S. The molecule has 21 heavy (non-hydrogen) atoms. The van der Waals surface area contributed by atoms with Crippen LogP contribution >= 0.6 is 12.2 Å². The molecule has 0 heterocycles. The third-order valence-corrected chi connectivity index (χ3v) is 4.81. The van der Waals surface area contributed by atoms with E-state index in [-0.39, 0.29) is 11.7 Å². The summed E-state index contributed by atoms with van der Waals surface area (Å²) in [5.74, 6) is 0.504. The van der Waals surface area contributed by atoms with Gasteiger partial charge in [0.25, 0.3) is 5.91 Å². The van der Waals surface area contributed by atoms with E-state index in [1.165, 1.54) is 6.07 Å². The topological polar surface area (TPSA) is 75.4 Å². The van der Waals surface area contributed by atoms with Crippen molar-refractivity contribution in [3.8, 4) is 5.75 Å². The molecular weight excluding hydrogens is 284 g/mol. The maximum Gasteiger partial charge on any atom is 0.252 e. The van der Waals surface area contributed by atoms with E-state index < -0.39 is 5.54 Å². The third-order valence-electron chi connectivity index (χ3n) is 4.42. The normalized spacial score (nSPS) is 25.3. The Bertz CT molecular complexity index is 563. The summed E-state index contributed by atoms with van der Waals surface area (Å²) in [5.41, 5.74) is 6.46. The first-order chi connectivity index (χ1) is 9.84. The first-order valence-corrected chi connectivity index (χ1v) is 7.67. The summed E-state index contributed by atoms with van der Waals surface area (Å²) in [6, 6.07) is 4.90. The number of carbonyl (C=O) groups is 1. The maximum absolute atomic E-state index is 12.4. The van der Waals surface area contributed by atoms with Crippen LogP contribution in [0.25, 0.3) is 0 Å². The molecule has 0 spiro atoms. The number of phenols is 1. The number of amides is 1. The summed E-state index contributed by atoms with van der Waals surface area (Å²) in [6.07, 6.45) is 3.54. The minimum atomic E-state index is -0.598. The van der Waals surface area contributed by atoms with Crippen LogP contribution in [0.5, 0.6) is 5.75 Å². The summed E-state index contributed by atoms with van der Waals surface area (Å²) in [5, 5.41) is 12.7. The van der Waals surface area contributed by atoms with Crippen molar-refractivity contribution < 1.29 is 9.90 Å². The van der Waals surface area contributed by atoms with Gasteiger partial charge in [0, 0.05) is 5.56 Å². The molecule has 0 atom stereocenters. The highest BCUT2D eigenvalue weighted by Gasteiger charge is 2.38. The number of hydrogen-bond acceptors (Lipinski definition) is 3. The molecule has 1 aliphatic carbocycles. The van der Waals surface area contributed by atoms with Crippen molar-refractivity contribution >= 4 is 23.1 Å². The minimum Gasteiger partial charge on any atom is -0.508 e. The van der Waals surface area contributed by atoms with Crippen LogP contribution in [0.3, 0.4) is 0 Å². The number of nitrogens with one attached hydrogen (secondary N) is 1. The van der Waals surface area contributed by atoms with Crippen LogP contribution in [-0.2, 0) is 0 Å². The van der Waals surface area contributed by atoms with Gasteiger partial charge in [-0.15, -0.1) is 0 Å². The molecule has 4 nitrogen and oxygen atoms in total. The molecule has 0 saturated heterocycles.